The Morgan fingerprint density at radius 2 is 2.14 bits per heavy atom. The Morgan fingerprint density at radius 1 is 1.50 bits per heavy atom. The van der Waals surface area contributed by atoms with E-state index in [0.717, 1.165) is 0 Å². The number of nitrogens with zero attached hydrogens (tertiary/aromatic N) is 1. The molecule has 1 amide bonds. The van der Waals surface area contributed by atoms with Gasteiger partial charge in [-0.3, -0.25) is 4.79 Å². The summed E-state index contributed by atoms with van der Waals surface area (Å²) in [6.07, 6.45) is 6.78. The molecule has 0 aliphatic heterocycles. The smallest absolute Gasteiger partial charge is 0.221 e. The summed E-state index contributed by atoms with van der Waals surface area (Å²) < 4.78 is 0. The molecule has 1 rings (SSSR count). The lowest BCUT2D eigenvalue weighted by atomic mass is 9.87. The van der Waals surface area contributed by atoms with E-state index in [4.69, 9.17) is 5.26 Å². The maximum Gasteiger partial charge on any atom is 0.221 e. The minimum Gasteiger partial charge on any atom is -0.341 e. The number of nitrogens with one attached hydrogen (secondary N) is 1. The lowest BCUT2D eigenvalue weighted by Crippen LogP contribution is -2.32. The number of carbonyl (C=O) groups is 1. The molecule has 14 heavy (non-hydrogen) atoms. The van der Waals surface area contributed by atoms with Crippen LogP contribution in [0.4, 0.5) is 0 Å². The molecule has 78 valence electrons. The molecule has 3 nitrogen and oxygen atoms in total. The molecule has 1 atom stereocenters. The Balaban J connectivity index is 2.22. The molecule has 0 radical (unpaired) electrons. The fraction of sp³-hybridized carbons (Fsp3) is 0.818. The van der Waals surface area contributed by atoms with Crippen LogP contribution in [0.25, 0.3) is 0 Å². The fourth-order valence-electron chi connectivity index (χ4n) is 1.99. The highest BCUT2D eigenvalue weighted by atomic mass is 16.1. The third kappa shape index (κ3) is 3.78. The summed E-state index contributed by atoms with van der Waals surface area (Å²) in [7, 11) is 0. The van der Waals surface area contributed by atoms with Crippen LogP contribution in [0.5, 0.6) is 0 Å². The highest BCUT2D eigenvalue weighted by Gasteiger charge is 2.17. The third-order valence-corrected chi connectivity index (χ3v) is 2.77. The van der Waals surface area contributed by atoms with Gasteiger partial charge in [0.25, 0.3) is 0 Å². The van der Waals surface area contributed by atoms with Crippen LogP contribution in [0, 0.1) is 17.2 Å². The average Bonchev–Trinajstić information content (AvgIpc) is 2.19. The van der Waals surface area contributed by atoms with Gasteiger partial charge in [-0.25, -0.2) is 0 Å². The zero-order valence-electron chi connectivity index (χ0n) is 8.75. The summed E-state index contributed by atoms with van der Waals surface area (Å²) in [6, 6.07) is 1.65. The fourth-order valence-corrected chi connectivity index (χ4v) is 1.99. The topological polar surface area (TPSA) is 52.9 Å². The van der Waals surface area contributed by atoms with Crippen LogP contribution in [0.3, 0.4) is 0 Å². The van der Waals surface area contributed by atoms with Gasteiger partial charge in [0.15, 0.2) is 0 Å². The first-order valence-electron chi connectivity index (χ1n) is 5.41. The molecule has 0 saturated heterocycles. The van der Waals surface area contributed by atoms with Gasteiger partial charge >= 0.3 is 0 Å². The Kier molecular flexibility index (Phi) is 4.45. The van der Waals surface area contributed by atoms with E-state index in [1.165, 1.54) is 32.1 Å². The highest BCUT2D eigenvalue weighted by Crippen LogP contribution is 2.25. The number of carbonyl (C=O) groups excluding carboxylic acids is 1. The van der Waals surface area contributed by atoms with Gasteiger partial charge in [0.2, 0.25) is 5.91 Å². The first-order chi connectivity index (χ1) is 6.72. The lowest BCUT2D eigenvalue weighted by molar-refractivity contribution is -0.122. The van der Waals surface area contributed by atoms with Crippen molar-refractivity contribution >= 4 is 5.91 Å². The molecule has 3 heteroatoms. The predicted molar refractivity (Wildman–Crippen MR) is 54.4 cm³/mol. The van der Waals surface area contributed by atoms with Crippen molar-refractivity contribution in [3.05, 3.63) is 0 Å². The van der Waals surface area contributed by atoms with Gasteiger partial charge < -0.3 is 5.32 Å². The van der Waals surface area contributed by atoms with E-state index in [9.17, 15) is 4.79 Å². The normalized spacial score (nSPS) is 19.7. The van der Waals surface area contributed by atoms with Crippen molar-refractivity contribution in [3.63, 3.8) is 0 Å². The number of rotatable bonds is 3. The van der Waals surface area contributed by atoms with Gasteiger partial charge in [-0.15, -0.1) is 0 Å². The number of amides is 1. The van der Waals surface area contributed by atoms with Gasteiger partial charge in [0, 0.05) is 6.42 Å². The molecular formula is C11H18N2O. The van der Waals surface area contributed by atoms with Crippen molar-refractivity contribution in [1.82, 2.24) is 5.32 Å². The Bertz CT molecular complexity index is 226. The zero-order chi connectivity index (χ0) is 10.4. The third-order valence-electron chi connectivity index (χ3n) is 2.77. The molecular weight excluding hydrogens is 176 g/mol. The second-order valence-electron chi connectivity index (χ2n) is 4.13. The van der Waals surface area contributed by atoms with E-state index in [2.05, 4.69) is 5.32 Å². The summed E-state index contributed by atoms with van der Waals surface area (Å²) in [4.78, 5) is 11.4. The minimum atomic E-state index is -0.355. The molecule has 1 unspecified atom stereocenters. The largest absolute Gasteiger partial charge is 0.341 e. The predicted octanol–water partition coefficient (Wildman–Crippen LogP) is 1.99. The van der Waals surface area contributed by atoms with Gasteiger partial charge in [0.05, 0.1) is 6.07 Å². The molecule has 1 aliphatic rings. The van der Waals surface area contributed by atoms with Crippen LogP contribution < -0.4 is 5.32 Å². The van der Waals surface area contributed by atoms with E-state index < -0.39 is 0 Å². The Labute approximate surface area is 85.5 Å². The molecule has 0 heterocycles. The highest BCUT2D eigenvalue weighted by molar-refractivity contribution is 5.76. The van der Waals surface area contributed by atoms with Crippen molar-refractivity contribution in [2.24, 2.45) is 5.92 Å². The van der Waals surface area contributed by atoms with Crippen LogP contribution in [-0.2, 0) is 4.79 Å². The SMILES string of the molecule is CC(C#N)NC(=O)CC1CCCCC1. The first-order valence-corrected chi connectivity index (χ1v) is 5.41. The Morgan fingerprint density at radius 3 is 2.71 bits per heavy atom. The second-order valence-corrected chi connectivity index (χ2v) is 4.13. The zero-order valence-corrected chi connectivity index (χ0v) is 8.75. The molecule has 0 aromatic carbocycles. The summed E-state index contributed by atoms with van der Waals surface area (Å²) in [5.74, 6) is 0.584. The number of nitriles is 1. The van der Waals surface area contributed by atoms with Gasteiger partial charge in [-0.05, 0) is 25.7 Å². The van der Waals surface area contributed by atoms with Crippen molar-refractivity contribution in [2.75, 3.05) is 0 Å². The molecule has 1 fully saturated rings. The van der Waals surface area contributed by atoms with Crippen LogP contribution >= 0.6 is 0 Å². The molecule has 1 aliphatic carbocycles. The van der Waals surface area contributed by atoms with Gasteiger partial charge in [-0.2, -0.15) is 5.26 Å². The van der Waals surface area contributed by atoms with Gasteiger partial charge in [-0.1, -0.05) is 19.3 Å². The monoisotopic (exact) mass is 194 g/mol. The van der Waals surface area contributed by atoms with E-state index in [1.54, 1.807) is 6.92 Å². The molecule has 0 aromatic heterocycles. The number of hydrogen-bond donors (Lipinski definition) is 1. The van der Waals surface area contributed by atoms with E-state index >= 15 is 0 Å². The molecule has 0 bridgehead atoms. The average molecular weight is 194 g/mol. The maximum atomic E-state index is 11.4. The molecule has 0 spiro atoms. The van der Waals surface area contributed by atoms with Crippen molar-refractivity contribution < 1.29 is 4.79 Å². The van der Waals surface area contributed by atoms with Crippen molar-refractivity contribution in [2.45, 2.75) is 51.5 Å². The van der Waals surface area contributed by atoms with Crippen LogP contribution in [0.15, 0.2) is 0 Å². The standard InChI is InChI=1S/C11H18N2O/c1-9(8-12)13-11(14)7-10-5-3-2-4-6-10/h9-10H,2-7H2,1H3,(H,13,14). The van der Waals surface area contributed by atoms with Crippen molar-refractivity contribution in [1.29, 1.82) is 5.26 Å². The first kappa shape index (κ1) is 11.0. The lowest BCUT2D eigenvalue weighted by Gasteiger charge is -2.21. The van der Waals surface area contributed by atoms with Crippen LogP contribution in [0.1, 0.15) is 45.4 Å². The van der Waals surface area contributed by atoms with Crippen LogP contribution in [-0.4, -0.2) is 11.9 Å². The van der Waals surface area contributed by atoms with E-state index in [-0.39, 0.29) is 11.9 Å². The summed E-state index contributed by atoms with van der Waals surface area (Å²) in [5.41, 5.74) is 0. The van der Waals surface area contributed by atoms with E-state index in [1.807, 2.05) is 6.07 Å². The maximum absolute atomic E-state index is 11.4. The Hall–Kier alpha value is -1.04. The quantitative estimate of drug-likeness (QED) is 0.747. The molecule has 1 saturated carbocycles. The van der Waals surface area contributed by atoms with Gasteiger partial charge in [0.1, 0.15) is 6.04 Å². The van der Waals surface area contributed by atoms with Crippen LogP contribution in [0.2, 0.25) is 0 Å². The van der Waals surface area contributed by atoms with Crippen molar-refractivity contribution in [3.8, 4) is 6.07 Å². The minimum absolute atomic E-state index is 0.0333. The summed E-state index contributed by atoms with van der Waals surface area (Å²) >= 11 is 0. The van der Waals surface area contributed by atoms with E-state index in [0.29, 0.717) is 12.3 Å². The summed E-state index contributed by atoms with van der Waals surface area (Å²) in [5, 5.41) is 11.2. The second kappa shape index (κ2) is 5.64. The molecule has 1 N–H and O–H groups in total. The summed E-state index contributed by atoms with van der Waals surface area (Å²) in [6.45, 7) is 1.71. The molecule has 0 aromatic rings. The number of hydrogen-bond acceptors (Lipinski definition) is 2.